The first-order valence-corrected chi connectivity index (χ1v) is 26.3. The highest BCUT2D eigenvalue weighted by Gasteiger charge is 2.45. The first kappa shape index (κ1) is 46.1. The minimum atomic E-state index is 0.0635. The summed E-state index contributed by atoms with van der Waals surface area (Å²) in [6.45, 7) is 9.37. The van der Waals surface area contributed by atoms with Crippen LogP contribution < -0.4 is 0 Å². The molecule has 320 valence electrons. The van der Waals surface area contributed by atoms with Gasteiger partial charge >= 0.3 is 0 Å². The summed E-state index contributed by atoms with van der Waals surface area (Å²) in [6, 6.07) is 32.3. The predicted octanol–water partition coefficient (Wildman–Crippen LogP) is 19.5. The van der Waals surface area contributed by atoms with E-state index in [0.29, 0.717) is 0 Å². The third kappa shape index (κ3) is 11.0. The van der Waals surface area contributed by atoms with Gasteiger partial charge in [0.25, 0.3) is 0 Å². The van der Waals surface area contributed by atoms with Gasteiger partial charge in [-0.1, -0.05) is 242 Å². The average molecular weight is 905 g/mol. The van der Waals surface area contributed by atoms with Gasteiger partial charge in [-0.2, -0.15) is 0 Å². The molecule has 4 aromatic rings. The highest BCUT2D eigenvalue weighted by atomic mass is 127. The van der Waals surface area contributed by atoms with Crippen LogP contribution in [0.4, 0.5) is 0 Å². The molecule has 0 bridgehead atoms. The molecular weight excluding hydrogens is 824 g/mol. The molecule has 0 aromatic heterocycles. The average Bonchev–Trinajstić information content (AvgIpc) is 3.69. The quantitative estimate of drug-likeness (QED) is 0.0376. The van der Waals surface area contributed by atoms with E-state index in [9.17, 15) is 0 Å². The number of rotatable bonds is 29. The van der Waals surface area contributed by atoms with Crippen molar-refractivity contribution in [1.29, 1.82) is 0 Å². The van der Waals surface area contributed by atoms with Crippen LogP contribution in [0.15, 0.2) is 78.9 Å². The van der Waals surface area contributed by atoms with Crippen LogP contribution in [0.2, 0.25) is 0 Å². The Morgan fingerprint density at radius 3 is 1.31 bits per heavy atom. The molecule has 59 heavy (non-hydrogen) atoms. The zero-order valence-corrected chi connectivity index (χ0v) is 40.3. The van der Waals surface area contributed by atoms with Crippen molar-refractivity contribution in [1.82, 2.24) is 0 Å². The maximum absolute atomic E-state index is 2.74. The highest BCUT2D eigenvalue weighted by Crippen LogP contribution is 2.59. The molecule has 0 fully saturated rings. The molecule has 0 unspecified atom stereocenters. The molecule has 6 rings (SSSR count). The lowest BCUT2D eigenvalue weighted by atomic mass is 9.68. The van der Waals surface area contributed by atoms with Crippen LogP contribution in [-0.2, 0) is 10.8 Å². The van der Waals surface area contributed by atoms with Gasteiger partial charge in [0.2, 0.25) is 0 Å². The van der Waals surface area contributed by atoms with Gasteiger partial charge in [0, 0.05) is 14.4 Å². The molecule has 0 amide bonds. The van der Waals surface area contributed by atoms with Gasteiger partial charge in [-0.25, -0.2) is 0 Å². The monoisotopic (exact) mass is 905 g/mol. The molecular formula is C58H81I. The predicted molar refractivity (Wildman–Crippen MR) is 269 cm³/mol. The summed E-state index contributed by atoms with van der Waals surface area (Å²) in [5.41, 5.74) is 15.7. The van der Waals surface area contributed by atoms with Gasteiger partial charge in [0.05, 0.1) is 0 Å². The van der Waals surface area contributed by atoms with Crippen LogP contribution in [0, 0.1) is 3.57 Å². The Bertz CT molecular complexity index is 1830. The van der Waals surface area contributed by atoms with Crippen molar-refractivity contribution in [3.05, 3.63) is 105 Å². The summed E-state index contributed by atoms with van der Waals surface area (Å²) in [6.07, 6.45) is 37.6. The normalized spacial score (nSPS) is 14.3. The summed E-state index contributed by atoms with van der Waals surface area (Å²) in [5.74, 6) is 0. The molecule has 0 heterocycles. The second-order valence-corrected chi connectivity index (χ2v) is 20.2. The van der Waals surface area contributed by atoms with Crippen LogP contribution in [0.3, 0.4) is 0 Å². The fourth-order valence-corrected chi connectivity index (χ4v) is 12.1. The van der Waals surface area contributed by atoms with Crippen molar-refractivity contribution < 1.29 is 0 Å². The molecule has 2 aliphatic carbocycles. The van der Waals surface area contributed by atoms with Crippen molar-refractivity contribution in [2.75, 3.05) is 0 Å². The van der Waals surface area contributed by atoms with Crippen molar-refractivity contribution >= 4 is 22.6 Å². The zero-order valence-electron chi connectivity index (χ0n) is 38.2. The van der Waals surface area contributed by atoms with Gasteiger partial charge in [-0.15, -0.1) is 0 Å². The minimum Gasteiger partial charge on any atom is -0.0654 e. The van der Waals surface area contributed by atoms with E-state index in [4.69, 9.17) is 0 Å². The number of unbranched alkanes of at least 4 members (excludes halogenated alkanes) is 20. The van der Waals surface area contributed by atoms with Crippen LogP contribution in [-0.4, -0.2) is 0 Å². The molecule has 0 saturated carbocycles. The molecule has 0 radical (unpaired) electrons. The van der Waals surface area contributed by atoms with Crippen molar-refractivity contribution in [3.63, 3.8) is 0 Å². The van der Waals surface area contributed by atoms with E-state index < -0.39 is 0 Å². The Hall–Kier alpha value is -2.39. The fraction of sp³-hybridized carbons (Fsp3) is 0.586. The van der Waals surface area contributed by atoms with Gasteiger partial charge in [-0.3, -0.25) is 0 Å². The molecule has 4 aromatic carbocycles. The van der Waals surface area contributed by atoms with Crippen molar-refractivity contribution in [3.8, 4) is 33.4 Å². The first-order chi connectivity index (χ1) is 29.0. The molecule has 0 aliphatic heterocycles. The summed E-state index contributed by atoms with van der Waals surface area (Å²) >= 11 is 2.59. The standard InChI is InChI=1S/C58H81I/c1-5-9-13-17-21-27-40-57(41-28-22-18-14-10-6-2)53-35-26-25-32-49(53)50-38-36-46(44-54(50)57)48-33-31-34-52-51-39-37-47(59)45-55(51)58(56(48)52,42-29-23-19-15-11-7-3)43-30-24-20-16-12-8-4/h25-26,31-39,44-45H,5-24,27-30,40-43H2,1-4H3. The van der Waals surface area contributed by atoms with Gasteiger partial charge in [0.1, 0.15) is 0 Å². The Labute approximate surface area is 376 Å². The number of hydrogen-bond acceptors (Lipinski definition) is 0. The van der Waals surface area contributed by atoms with E-state index in [1.165, 1.54) is 217 Å². The summed E-state index contributed by atoms with van der Waals surface area (Å²) in [4.78, 5) is 0. The van der Waals surface area contributed by atoms with Crippen LogP contribution in [0.1, 0.15) is 230 Å². The molecule has 0 N–H and O–H groups in total. The number of hydrogen-bond donors (Lipinski definition) is 0. The largest absolute Gasteiger partial charge is 0.0654 e. The molecule has 2 aliphatic rings. The van der Waals surface area contributed by atoms with Crippen LogP contribution in [0.5, 0.6) is 0 Å². The van der Waals surface area contributed by atoms with E-state index in [1.807, 2.05) is 0 Å². The summed E-state index contributed by atoms with van der Waals surface area (Å²) in [5, 5.41) is 0. The lowest BCUT2D eigenvalue weighted by Gasteiger charge is -2.35. The Kier molecular flexibility index (Phi) is 18.5. The summed E-state index contributed by atoms with van der Waals surface area (Å²) in [7, 11) is 0. The number of benzene rings is 4. The number of fused-ring (bicyclic) bond motifs is 6. The topological polar surface area (TPSA) is 0 Å². The lowest BCUT2D eigenvalue weighted by molar-refractivity contribution is 0.397. The van der Waals surface area contributed by atoms with Gasteiger partial charge in [0.15, 0.2) is 0 Å². The summed E-state index contributed by atoms with van der Waals surface area (Å²) < 4.78 is 1.38. The number of halogens is 1. The Morgan fingerprint density at radius 2 is 0.746 bits per heavy atom. The molecule has 0 spiro atoms. The smallest absolute Gasteiger partial charge is 0.0221 e. The third-order valence-electron chi connectivity index (χ3n) is 14.7. The third-order valence-corrected chi connectivity index (χ3v) is 15.4. The lowest BCUT2D eigenvalue weighted by Crippen LogP contribution is -2.27. The van der Waals surface area contributed by atoms with Gasteiger partial charge < -0.3 is 0 Å². The van der Waals surface area contributed by atoms with E-state index >= 15 is 0 Å². The van der Waals surface area contributed by atoms with Gasteiger partial charge in [-0.05, 0) is 122 Å². The van der Waals surface area contributed by atoms with E-state index in [2.05, 4.69) is 129 Å². The second kappa shape index (κ2) is 23.7. The van der Waals surface area contributed by atoms with E-state index in [0.717, 1.165) is 0 Å². The first-order valence-electron chi connectivity index (χ1n) is 25.2. The van der Waals surface area contributed by atoms with Crippen LogP contribution >= 0.6 is 22.6 Å². The fourth-order valence-electron chi connectivity index (χ4n) is 11.6. The van der Waals surface area contributed by atoms with Crippen molar-refractivity contribution in [2.45, 2.75) is 218 Å². The maximum atomic E-state index is 2.74. The van der Waals surface area contributed by atoms with Crippen LogP contribution in [0.25, 0.3) is 33.4 Å². The molecule has 0 atom stereocenters. The molecule has 1 heteroatoms. The Morgan fingerprint density at radius 1 is 0.339 bits per heavy atom. The minimum absolute atomic E-state index is 0.0635. The highest BCUT2D eigenvalue weighted by molar-refractivity contribution is 14.1. The van der Waals surface area contributed by atoms with E-state index in [1.54, 1.807) is 22.3 Å². The van der Waals surface area contributed by atoms with E-state index in [-0.39, 0.29) is 10.8 Å². The SMILES string of the molecule is CCCCCCCCC1(CCCCCCCC)c2ccccc2-c2ccc(-c3cccc4c3C(CCCCCCCC)(CCCCCCCC)c3cc(I)ccc3-4)cc21. The maximum Gasteiger partial charge on any atom is 0.0221 e. The molecule has 0 nitrogen and oxygen atoms in total. The second-order valence-electron chi connectivity index (χ2n) is 19.0. The Balaban J connectivity index is 1.43. The molecule has 0 saturated heterocycles. The van der Waals surface area contributed by atoms with Crippen molar-refractivity contribution in [2.24, 2.45) is 0 Å². The zero-order chi connectivity index (χ0) is 41.3.